The molecule has 1 aliphatic rings. The Morgan fingerprint density at radius 3 is 2.56 bits per heavy atom. The molecule has 1 unspecified atom stereocenters. The second-order valence-corrected chi connectivity index (χ2v) is 6.36. The number of nitrogens with one attached hydrogen (secondary N) is 1. The van der Waals surface area contributed by atoms with Gasteiger partial charge in [0.05, 0.1) is 0 Å². The molecule has 2 heterocycles. The van der Waals surface area contributed by atoms with E-state index in [9.17, 15) is 14.4 Å². The van der Waals surface area contributed by atoms with Gasteiger partial charge in [0.15, 0.2) is 0 Å². The molecular weight excluding hydrogens is 320 g/mol. The maximum Gasteiger partial charge on any atom is 0.330 e. The molecule has 3 rings (SSSR count). The molecule has 25 heavy (non-hydrogen) atoms. The van der Waals surface area contributed by atoms with Crippen molar-refractivity contribution >= 4 is 5.91 Å². The fraction of sp³-hybridized carbons (Fsp3) is 0.389. The van der Waals surface area contributed by atoms with E-state index in [1.165, 1.54) is 11.6 Å². The zero-order valence-electron chi connectivity index (χ0n) is 14.4. The minimum absolute atomic E-state index is 0.00437. The molecule has 1 aliphatic heterocycles. The predicted molar refractivity (Wildman–Crippen MR) is 94.1 cm³/mol. The Bertz CT molecular complexity index is 885. The number of benzene rings is 1. The fourth-order valence-corrected chi connectivity index (χ4v) is 3.28. The Hall–Kier alpha value is -2.67. The van der Waals surface area contributed by atoms with Gasteiger partial charge in [0.25, 0.3) is 5.56 Å². The normalized spacial score (nSPS) is 18.6. The first-order valence-corrected chi connectivity index (χ1v) is 8.28. The van der Waals surface area contributed by atoms with Crippen LogP contribution in [0.25, 0.3) is 0 Å². The average molecular weight is 342 g/mol. The highest BCUT2D eigenvalue weighted by atomic mass is 16.2. The maximum absolute atomic E-state index is 12.4. The number of aromatic nitrogens is 2. The molecule has 1 N–H and O–H groups in total. The average Bonchev–Trinajstić information content (AvgIpc) is 2.80. The zero-order chi connectivity index (χ0) is 18.0. The Morgan fingerprint density at radius 2 is 1.84 bits per heavy atom. The molecule has 0 aliphatic carbocycles. The lowest BCUT2D eigenvalue weighted by molar-refractivity contribution is -0.121. The van der Waals surface area contributed by atoms with Crippen LogP contribution in [0.4, 0.5) is 0 Å². The summed E-state index contributed by atoms with van der Waals surface area (Å²) in [6.45, 7) is 1.56. The first kappa shape index (κ1) is 17.2. The van der Waals surface area contributed by atoms with Crippen LogP contribution in [0.2, 0.25) is 0 Å². The van der Waals surface area contributed by atoms with E-state index in [0.717, 1.165) is 10.1 Å². The summed E-state index contributed by atoms with van der Waals surface area (Å²) in [6.07, 6.45) is 1.93. The molecule has 0 spiro atoms. The molecule has 0 radical (unpaired) electrons. The zero-order valence-corrected chi connectivity index (χ0v) is 14.4. The second kappa shape index (κ2) is 7.06. The van der Waals surface area contributed by atoms with E-state index in [0.29, 0.717) is 31.6 Å². The highest BCUT2D eigenvalue weighted by Gasteiger charge is 2.27. The molecule has 0 saturated carbocycles. The molecule has 1 aromatic carbocycles. The van der Waals surface area contributed by atoms with Gasteiger partial charge in [-0.15, -0.1) is 0 Å². The lowest BCUT2D eigenvalue weighted by Gasteiger charge is -2.29. The van der Waals surface area contributed by atoms with Crippen molar-refractivity contribution in [1.29, 1.82) is 0 Å². The number of carbonyl (C=O) groups is 1. The first-order valence-electron chi connectivity index (χ1n) is 8.28. The molecule has 1 saturated heterocycles. The van der Waals surface area contributed by atoms with Crippen molar-refractivity contribution in [3.05, 3.63) is 68.5 Å². The lowest BCUT2D eigenvalue weighted by atomic mass is 10.0. The van der Waals surface area contributed by atoms with Crippen molar-refractivity contribution in [3.8, 4) is 0 Å². The van der Waals surface area contributed by atoms with Crippen LogP contribution in [0.5, 0.6) is 0 Å². The minimum Gasteiger partial charge on any atom is -0.355 e. The minimum atomic E-state index is -0.346. The summed E-state index contributed by atoms with van der Waals surface area (Å²) < 4.78 is 2.53. The second-order valence-electron chi connectivity index (χ2n) is 6.36. The molecule has 1 fully saturated rings. The van der Waals surface area contributed by atoms with Crippen molar-refractivity contribution in [2.24, 2.45) is 14.1 Å². The number of hydrogen-bond donors (Lipinski definition) is 1. The van der Waals surface area contributed by atoms with Gasteiger partial charge in [0.2, 0.25) is 5.91 Å². The quantitative estimate of drug-likeness (QED) is 0.861. The van der Waals surface area contributed by atoms with Crippen molar-refractivity contribution in [1.82, 2.24) is 19.4 Å². The molecule has 1 aromatic heterocycles. The number of hydrogen-bond acceptors (Lipinski definition) is 4. The maximum atomic E-state index is 12.4. The van der Waals surface area contributed by atoms with E-state index in [2.05, 4.69) is 10.2 Å². The third kappa shape index (κ3) is 3.56. The molecule has 7 nitrogen and oxygen atoms in total. The summed E-state index contributed by atoms with van der Waals surface area (Å²) in [6, 6.07) is 9.71. The predicted octanol–water partition coefficient (Wildman–Crippen LogP) is 0.147. The first-order chi connectivity index (χ1) is 12.0. The summed E-state index contributed by atoms with van der Waals surface area (Å²) in [5, 5.41) is 2.89. The number of carbonyl (C=O) groups excluding carboxylic acids is 1. The summed E-state index contributed by atoms with van der Waals surface area (Å²) in [7, 11) is 3.11. The Labute approximate surface area is 145 Å². The number of nitrogens with zero attached hydrogens (tertiary/aromatic N) is 3. The van der Waals surface area contributed by atoms with E-state index in [4.69, 9.17) is 0 Å². The van der Waals surface area contributed by atoms with Crippen molar-refractivity contribution in [2.45, 2.75) is 19.0 Å². The largest absolute Gasteiger partial charge is 0.355 e. The highest BCUT2D eigenvalue weighted by molar-refractivity contribution is 5.77. The van der Waals surface area contributed by atoms with Crippen LogP contribution in [-0.4, -0.2) is 33.0 Å². The number of amides is 1. The van der Waals surface area contributed by atoms with E-state index in [-0.39, 0.29) is 23.2 Å². The van der Waals surface area contributed by atoms with Gasteiger partial charge in [-0.25, -0.2) is 4.79 Å². The van der Waals surface area contributed by atoms with Crippen LogP contribution in [-0.2, 0) is 25.4 Å². The summed E-state index contributed by atoms with van der Waals surface area (Å²) in [5.74, 6) is 0.00437. The van der Waals surface area contributed by atoms with Gasteiger partial charge < -0.3 is 9.88 Å². The van der Waals surface area contributed by atoms with Gasteiger partial charge in [-0.05, 0) is 5.56 Å². The summed E-state index contributed by atoms with van der Waals surface area (Å²) >= 11 is 0. The fourth-order valence-electron chi connectivity index (χ4n) is 3.28. The Morgan fingerprint density at radius 1 is 1.12 bits per heavy atom. The van der Waals surface area contributed by atoms with E-state index in [1.807, 2.05) is 30.3 Å². The molecule has 132 valence electrons. The van der Waals surface area contributed by atoms with Gasteiger partial charge in [-0.3, -0.25) is 19.1 Å². The monoisotopic (exact) mass is 342 g/mol. The van der Waals surface area contributed by atoms with Crippen LogP contribution >= 0.6 is 0 Å². The molecule has 2 aromatic rings. The van der Waals surface area contributed by atoms with E-state index in [1.54, 1.807) is 13.2 Å². The molecule has 7 heteroatoms. The SMILES string of the molecule is Cn1cc(CN2CCNC(=O)CC2c2ccccc2)c(=O)n(C)c1=O. The van der Waals surface area contributed by atoms with Crippen LogP contribution in [0.15, 0.2) is 46.1 Å². The highest BCUT2D eigenvalue weighted by Crippen LogP contribution is 2.26. The van der Waals surface area contributed by atoms with Crippen LogP contribution in [0, 0.1) is 0 Å². The molecule has 1 amide bonds. The molecule has 0 bridgehead atoms. The van der Waals surface area contributed by atoms with E-state index >= 15 is 0 Å². The van der Waals surface area contributed by atoms with Gasteiger partial charge in [0, 0.05) is 58.0 Å². The van der Waals surface area contributed by atoms with Crippen molar-refractivity contribution in [3.63, 3.8) is 0 Å². The van der Waals surface area contributed by atoms with Gasteiger partial charge in [-0.1, -0.05) is 30.3 Å². The summed E-state index contributed by atoms with van der Waals surface area (Å²) in [5.41, 5.74) is 0.945. The molecule has 1 atom stereocenters. The van der Waals surface area contributed by atoms with Crippen LogP contribution in [0.3, 0.4) is 0 Å². The number of rotatable bonds is 3. The third-order valence-electron chi connectivity index (χ3n) is 4.62. The Kier molecular flexibility index (Phi) is 4.85. The number of aryl methyl sites for hydroxylation is 1. The Balaban J connectivity index is 1.97. The summed E-state index contributed by atoms with van der Waals surface area (Å²) in [4.78, 5) is 38.5. The smallest absolute Gasteiger partial charge is 0.330 e. The van der Waals surface area contributed by atoms with Crippen molar-refractivity contribution in [2.75, 3.05) is 13.1 Å². The van der Waals surface area contributed by atoms with Gasteiger partial charge >= 0.3 is 5.69 Å². The van der Waals surface area contributed by atoms with Gasteiger partial charge in [0.1, 0.15) is 0 Å². The van der Waals surface area contributed by atoms with Crippen LogP contribution < -0.4 is 16.6 Å². The molecular formula is C18H22N4O3. The topological polar surface area (TPSA) is 76.3 Å². The van der Waals surface area contributed by atoms with Crippen LogP contribution in [0.1, 0.15) is 23.6 Å². The van der Waals surface area contributed by atoms with E-state index < -0.39 is 0 Å². The van der Waals surface area contributed by atoms with Gasteiger partial charge in [-0.2, -0.15) is 0 Å². The van der Waals surface area contributed by atoms with Crippen molar-refractivity contribution < 1.29 is 4.79 Å². The lowest BCUT2D eigenvalue weighted by Crippen LogP contribution is -2.41. The standard InChI is InChI=1S/C18H22N4O3/c1-20-11-14(17(24)21(2)18(20)25)12-22-9-8-19-16(23)10-15(22)13-6-4-3-5-7-13/h3-7,11,15H,8-10,12H2,1-2H3,(H,19,23). The third-order valence-corrected chi connectivity index (χ3v) is 4.62.